The molecule has 0 atom stereocenters. The molecule has 0 amide bonds. The van der Waals surface area contributed by atoms with E-state index in [4.69, 9.17) is 9.84 Å². The third-order valence-corrected chi connectivity index (χ3v) is 3.97. The van der Waals surface area contributed by atoms with E-state index in [9.17, 15) is 9.90 Å². The van der Waals surface area contributed by atoms with E-state index in [2.05, 4.69) is 10.2 Å². The SMILES string of the molecule is CCOC1CC(n2c(CO)nnc2SCC(=O)O)C1. The van der Waals surface area contributed by atoms with Crippen molar-refractivity contribution in [2.75, 3.05) is 12.4 Å². The number of aliphatic hydroxyl groups is 1. The van der Waals surface area contributed by atoms with Crippen LogP contribution in [0.15, 0.2) is 5.16 Å². The van der Waals surface area contributed by atoms with Gasteiger partial charge in [-0.25, -0.2) is 0 Å². The fourth-order valence-electron chi connectivity index (χ4n) is 2.13. The lowest BCUT2D eigenvalue weighted by atomic mass is 9.89. The van der Waals surface area contributed by atoms with Crippen LogP contribution in [0.2, 0.25) is 0 Å². The third-order valence-electron chi connectivity index (χ3n) is 3.04. The number of hydrogen-bond donors (Lipinski definition) is 2. The van der Waals surface area contributed by atoms with Gasteiger partial charge in [-0.05, 0) is 19.8 Å². The van der Waals surface area contributed by atoms with Crippen LogP contribution in [0, 0.1) is 0 Å². The second-order valence-corrected chi connectivity index (χ2v) is 5.25. The molecule has 1 saturated carbocycles. The average molecular weight is 287 g/mol. The molecular formula is C11H17N3O4S. The van der Waals surface area contributed by atoms with E-state index in [-0.39, 0.29) is 24.5 Å². The zero-order valence-electron chi connectivity index (χ0n) is 10.7. The van der Waals surface area contributed by atoms with Crippen molar-refractivity contribution in [3.8, 4) is 0 Å². The van der Waals surface area contributed by atoms with E-state index in [1.54, 1.807) is 0 Å². The van der Waals surface area contributed by atoms with Crippen molar-refractivity contribution in [1.82, 2.24) is 14.8 Å². The smallest absolute Gasteiger partial charge is 0.313 e. The Morgan fingerprint density at radius 1 is 1.53 bits per heavy atom. The Kier molecular flexibility index (Phi) is 4.78. The summed E-state index contributed by atoms with van der Waals surface area (Å²) < 4.78 is 7.34. The second kappa shape index (κ2) is 6.36. The Morgan fingerprint density at radius 3 is 2.84 bits per heavy atom. The zero-order chi connectivity index (χ0) is 13.8. The van der Waals surface area contributed by atoms with Gasteiger partial charge in [0, 0.05) is 12.6 Å². The number of thioether (sulfide) groups is 1. The molecule has 1 aromatic heterocycles. The lowest BCUT2D eigenvalue weighted by Gasteiger charge is -2.36. The minimum absolute atomic E-state index is 0.0643. The summed E-state index contributed by atoms with van der Waals surface area (Å²) in [6, 6.07) is 0.185. The van der Waals surface area contributed by atoms with Crippen molar-refractivity contribution < 1.29 is 19.7 Å². The molecular weight excluding hydrogens is 270 g/mol. The Balaban J connectivity index is 2.05. The monoisotopic (exact) mass is 287 g/mol. The number of aliphatic hydroxyl groups excluding tert-OH is 1. The predicted molar refractivity (Wildman–Crippen MR) is 68.0 cm³/mol. The number of nitrogens with zero attached hydrogens (tertiary/aromatic N) is 3. The van der Waals surface area contributed by atoms with Crippen molar-refractivity contribution >= 4 is 17.7 Å². The van der Waals surface area contributed by atoms with Crippen LogP contribution in [0.1, 0.15) is 31.6 Å². The number of ether oxygens (including phenoxy) is 1. The molecule has 2 rings (SSSR count). The Bertz CT molecular complexity index is 445. The van der Waals surface area contributed by atoms with E-state index in [1.165, 1.54) is 0 Å². The molecule has 1 aliphatic rings. The van der Waals surface area contributed by atoms with Crippen molar-refractivity contribution in [1.29, 1.82) is 0 Å². The van der Waals surface area contributed by atoms with Crippen molar-refractivity contribution in [3.05, 3.63) is 5.82 Å². The van der Waals surface area contributed by atoms with Gasteiger partial charge in [0.25, 0.3) is 0 Å². The maximum absolute atomic E-state index is 10.6. The molecule has 1 heterocycles. The number of carboxylic acid groups (broad SMARTS) is 1. The van der Waals surface area contributed by atoms with Gasteiger partial charge in [0.15, 0.2) is 11.0 Å². The second-order valence-electron chi connectivity index (χ2n) is 4.31. The van der Waals surface area contributed by atoms with Gasteiger partial charge in [-0.2, -0.15) is 0 Å². The lowest BCUT2D eigenvalue weighted by Crippen LogP contribution is -2.34. The molecule has 1 fully saturated rings. The summed E-state index contributed by atoms with van der Waals surface area (Å²) in [6.45, 7) is 2.45. The Morgan fingerprint density at radius 2 is 2.26 bits per heavy atom. The van der Waals surface area contributed by atoms with Crippen LogP contribution < -0.4 is 0 Å². The van der Waals surface area contributed by atoms with E-state index in [0.29, 0.717) is 17.6 Å². The Labute approximate surface area is 115 Å². The first-order chi connectivity index (χ1) is 9.15. The van der Waals surface area contributed by atoms with Crippen LogP contribution in [-0.4, -0.2) is 49.4 Å². The topological polar surface area (TPSA) is 97.5 Å². The number of aliphatic carboxylic acids is 1. The van der Waals surface area contributed by atoms with Crippen molar-refractivity contribution in [2.45, 2.75) is 43.7 Å². The molecule has 0 aliphatic heterocycles. The maximum Gasteiger partial charge on any atom is 0.313 e. The standard InChI is InChI=1S/C11H17N3O4S/c1-2-18-8-3-7(4-8)14-9(5-15)12-13-11(14)19-6-10(16)17/h7-8,15H,2-6H2,1H3,(H,16,17). The number of hydrogen-bond acceptors (Lipinski definition) is 6. The first-order valence-electron chi connectivity index (χ1n) is 6.16. The fourth-order valence-corrected chi connectivity index (χ4v) is 2.87. The first-order valence-corrected chi connectivity index (χ1v) is 7.15. The van der Waals surface area contributed by atoms with E-state index in [0.717, 1.165) is 24.6 Å². The molecule has 1 aliphatic carbocycles. The van der Waals surface area contributed by atoms with E-state index >= 15 is 0 Å². The zero-order valence-corrected chi connectivity index (χ0v) is 11.5. The van der Waals surface area contributed by atoms with Crippen LogP contribution >= 0.6 is 11.8 Å². The van der Waals surface area contributed by atoms with E-state index < -0.39 is 5.97 Å². The highest BCUT2D eigenvalue weighted by Crippen LogP contribution is 2.37. The molecule has 8 heteroatoms. The predicted octanol–water partition coefficient (Wildman–Crippen LogP) is 0.687. The molecule has 19 heavy (non-hydrogen) atoms. The maximum atomic E-state index is 10.6. The summed E-state index contributed by atoms with van der Waals surface area (Å²) in [5.74, 6) is -0.482. The lowest BCUT2D eigenvalue weighted by molar-refractivity contribution is -0.133. The van der Waals surface area contributed by atoms with Crippen molar-refractivity contribution in [2.24, 2.45) is 0 Å². The number of aromatic nitrogens is 3. The van der Waals surface area contributed by atoms with Crippen LogP contribution in [0.4, 0.5) is 0 Å². The van der Waals surface area contributed by atoms with Gasteiger partial charge in [-0.3, -0.25) is 4.79 Å². The average Bonchev–Trinajstić information content (AvgIpc) is 2.73. The van der Waals surface area contributed by atoms with Gasteiger partial charge in [0.05, 0.1) is 11.9 Å². The molecule has 0 saturated heterocycles. The summed E-state index contributed by atoms with van der Waals surface area (Å²) in [4.78, 5) is 10.6. The van der Waals surface area contributed by atoms with Gasteiger partial charge in [0.2, 0.25) is 0 Å². The molecule has 0 aromatic carbocycles. The molecule has 0 radical (unpaired) electrons. The molecule has 0 bridgehead atoms. The number of carbonyl (C=O) groups is 1. The first kappa shape index (κ1) is 14.3. The highest BCUT2D eigenvalue weighted by atomic mass is 32.2. The summed E-state index contributed by atoms with van der Waals surface area (Å²) in [6.07, 6.45) is 1.93. The number of carboxylic acids is 1. The number of rotatable bonds is 7. The summed E-state index contributed by atoms with van der Waals surface area (Å²) in [5, 5.41) is 26.4. The molecule has 0 spiro atoms. The van der Waals surface area contributed by atoms with Gasteiger partial charge >= 0.3 is 5.97 Å². The van der Waals surface area contributed by atoms with Crippen LogP contribution in [0.25, 0.3) is 0 Å². The van der Waals surface area contributed by atoms with Gasteiger partial charge < -0.3 is 19.5 Å². The minimum Gasteiger partial charge on any atom is -0.481 e. The minimum atomic E-state index is -0.897. The van der Waals surface area contributed by atoms with Gasteiger partial charge in [0.1, 0.15) is 6.61 Å². The molecule has 0 unspecified atom stereocenters. The third kappa shape index (κ3) is 3.26. The summed E-state index contributed by atoms with van der Waals surface area (Å²) >= 11 is 1.12. The van der Waals surface area contributed by atoms with Crippen LogP contribution in [0.3, 0.4) is 0 Å². The molecule has 7 nitrogen and oxygen atoms in total. The highest BCUT2D eigenvalue weighted by molar-refractivity contribution is 7.99. The normalized spacial score (nSPS) is 22.2. The fraction of sp³-hybridized carbons (Fsp3) is 0.727. The van der Waals surface area contributed by atoms with Gasteiger partial charge in [-0.1, -0.05) is 11.8 Å². The highest BCUT2D eigenvalue weighted by Gasteiger charge is 2.34. The van der Waals surface area contributed by atoms with Crippen LogP contribution in [0.5, 0.6) is 0 Å². The largest absolute Gasteiger partial charge is 0.481 e. The molecule has 106 valence electrons. The summed E-state index contributed by atoms with van der Waals surface area (Å²) in [5.41, 5.74) is 0. The quantitative estimate of drug-likeness (QED) is 0.712. The molecule has 2 N–H and O–H groups in total. The molecule has 1 aromatic rings. The van der Waals surface area contributed by atoms with Crippen molar-refractivity contribution in [3.63, 3.8) is 0 Å². The Hall–Kier alpha value is -1.12. The van der Waals surface area contributed by atoms with E-state index in [1.807, 2.05) is 11.5 Å². The van der Waals surface area contributed by atoms with Crippen LogP contribution in [-0.2, 0) is 16.1 Å². The van der Waals surface area contributed by atoms with Gasteiger partial charge in [-0.15, -0.1) is 10.2 Å². The summed E-state index contributed by atoms with van der Waals surface area (Å²) in [7, 11) is 0.